The van der Waals surface area contributed by atoms with Crippen LogP contribution in [-0.4, -0.2) is 47.4 Å². The second-order valence-corrected chi connectivity index (χ2v) is 22.1. The molecule has 0 rings (SSSR count). The third kappa shape index (κ3) is 55.9. The number of nitrogens with one attached hydrogen (secondary N) is 1. The van der Waals surface area contributed by atoms with Crippen molar-refractivity contribution in [1.29, 1.82) is 0 Å². The molecular formula is C64H125NO5. The third-order valence-electron chi connectivity index (χ3n) is 15.1. The highest BCUT2D eigenvalue weighted by molar-refractivity contribution is 5.76. The zero-order chi connectivity index (χ0) is 50.7. The SMILES string of the molecule is CCCCCCCCCCCCCCCC/C=C/C(O)C(CO)NC(=O)CCCCCCCCCCCCCCCCCCCCCCCCOC(=O)CCCCCCCCCCCCCCCCC. The molecule has 0 spiro atoms. The van der Waals surface area contributed by atoms with Gasteiger partial charge in [-0.3, -0.25) is 9.59 Å². The van der Waals surface area contributed by atoms with Crippen LogP contribution in [0.3, 0.4) is 0 Å². The van der Waals surface area contributed by atoms with Gasteiger partial charge in [-0.05, 0) is 32.1 Å². The molecule has 3 N–H and O–H groups in total. The van der Waals surface area contributed by atoms with E-state index >= 15 is 0 Å². The van der Waals surface area contributed by atoms with Crippen molar-refractivity contribution >= 4 is 11.9 Å². The Kier molecular flexibility index (Phi) is 59.0. The number of carbonyl (C=O) groups is 2. The third-order valence-corrected chi connectivity index (χ3v) is 15.1. The molecule has 6 nitrogen and oxygen atoms in total. The number of unbranched alkanes of at least 4 members (excludes halogenated alkanes) is 49. The zero-order valence-corrected chi connectivity index (χ0v) is 47.5. The lowest BCUT2D eigenvalue weighted by molar-refractivity contribution is -0.143. The zero-order valence-electron chi connectivity index (χ0n) is 47.5. The summed E-state index contributed by atoms with van der Waals surface area (Å²) in [5.74, 6) is -0.0490. The van der Waals surface area contributed by atoms with Crippen molar-refractivity contribution in [2.45, 2.75) is 373 Å². The Labute approximate surface area is 438 Å². The molecule has 6 heteroatoms. The van der Waals surface area contributed by atoms with E-state index in [4.69, 9.17) is 4.74 Å². The number of aliphatic hydroxyl groups is 2. The van der Waals surface area contributed by atoms with Gasteiger partial charge in [0.05, 0.1) is 25.4 Å². The Morgan fingerprint density at radius 1 is 0.386 bits per heavy atom. The summed E-state index contributed by atoms with van der Waals surface area (Å²) in [6, 6.07) is -0.627. The van der Waals surface area contributed by atoms with Gasteiger partial charge in [0, 0.05) is 12.8 Å². The Balaban J connectivity index is 3.38. The van der Waals surface area contributed by atoms with Crippen molar-refractivity contribution in [3.63, 3.8) is 0 Å². The molecule has 70 heavy (non-hydrogen) atoms. The Bertz CT molecular complexity index is 1050. The number of aliphatic hydroxyl groups excluding tert-OH is 2. The van der Waals surface area contributed by atoms with Crippen molar-refractivity contribution in [2.24, 2.45) is 0 Å². The van der Waals surface area contributed by atoms with E-state index in [0.29, 0.717) is 19.4 Å². The van der Waals surface area contributed by atoms with Crippen LogP contribution in [0.15, 0.2) is 12.2 Å². The minimum absolute atomic E-state index is 0.0163. The highest BCUT2D eigenvalue weighted by Crippen LogP contribution is 2.18. The second-order valence-electron chi connectivity index (χ2n) is 22.1. The smallest absolute Gasteiger partial charge is 0.305 e. The van der Waals surface area contributed by atoms with Gasteiger partial charge in [-0.25, -0.2) is 0 Å². The monoisotopic (exact) mass is 988 g/mol. The number of carbonyl (C=O) groups excluding carboxylic acids is 2. The maximum atomic E-state index is 12.5. The quantitative estimate of drug-likeness (QED) is 0.0321. The van der Waals surface area contributed by atoms with Gasteiger partial charge in [0.15, 0.2) is 0 Å². The van der Waals surface area contributed by atoms with Gasteiger partial charge in [0.1, 0.15) is 0 Å². The number of hydrogen-bond acceptors (Lipinski definition) is 5. The van der Waals surface area contributed by atoms with Crippen LogP contribution in [0, 0.1) is 0 Å². The average molecular weight is 989 g/mol. The van der Waals surface area contributed by atoms with E-state index < -0.39 is 12.1 Å². The molecule has 0 aliphatic carbocycles. The van der Waals surface area contributed by atoms with Crippen LogP contribution in [0.4, 0.5) is 0 Å². The fourth-order valence-corrected chi connectivity index (χ4v) is 10.2. The van der Waals surface area contributed by atoms with E-state index in [0.717, 1.165) is 38.5 Å². The molecule has 0 aromatic carbocycles. The van der Waals surface area contributed by atoms with Crippen molar-refractivity contribution in [2.75, 3.05) is 13.2 Å². The summed E-state index contributed by atoms with van der Waals surface area (Å²) in [6.45, 7) is 4.93. The van der Waals surface area contributed by atoms with E-state index in [-0.39, 0.29) is 18.5 Å². The molecule has 0 heterocycles. The first kappa shape index (κ1) is 68.6. The minimum atomic E-state index is -0.844. The molecule has 0 saturated carbocycles. The molecule has 0 aliphatic heterocycles. The Morgan fingerprint density at radius 2 is 0.657 bits per heavy atom. The van der Waals surface area contributed by atoms with E-state index in [1.165, 1.54) is 295 Å². The van der Waals surface area contributed by atoms with Gasteiger partial charge in [0.25, 0.3) is 0 Å². The molecule has 0 saturated heterocycles. The van der Waals surface area contributed by atoms with Crippen molar-refractivity contribution in [3.8, 4) is 0 Å². The van der Waals surface area contributed by atoms with E-state index in [2.05, 4.69) is 19.2 Å². The molecule has 0 bridgehead atoms. The number of ether oxygens (including phenoxy) is 1. The number of allylic oxidation sites excluding steroid dienone is 1. The summed E-state index contributed by atoms with van der Waals surface area (Å²) in [7, 11) is 0. The lowest BCUT2D eigenvalue weighted by atomic mass is 10.0. The van der Waals surface area contributed by atoms with Gasteiger partial charge >= 0.3 is 5.97 Å². The van der Waals surface area contributed by atoms with Crippen LogP contribution in [-0.2, 0) is 14.3 Å². The first-order valence-electron chi connectivity index (χ1n) is 32.0. The maximum absolute atomic E-state index is 12.5. The molecule has 1 amide bonds. The van der Waals surface area contributed by atoms with Gasteiger partial charge in [-0.2, -0.15) is 0 Å². The van der Waals surface area contributed by atoms with E-state index in [9.17, 15) is 19.8 Å². The summed E-state index contributed by atoms with van der Waals surface area (Å²) in [5, 5.41) is 23.2. The van der Waals surface area contributed by atoms with Gasteiger partial charge < -0.3 is 20.3 Å². The number of rotatable bonds is 60. The summed E-state index contributed by atoms with van der Waals surface area (Å²) in [4.78, 5) is 24.5. The highest BCUT2D eigenvalue weighted by atomic mass is 16.5. The molecular weight excluding hydrogens is 863 g/mol. The number of hydrogen-bond donors (Lipinski definition) is 3. The Morgan fingerprint density at radius 3 is 0.971 bits per heavy atom. The Hall–Kier alpha value is -1.40. The van der Waals surface area contributed by atoms with Crippen LogP contribution >= 0.6 is 0 Å². The normalized spacial score (nSPS) is 12.6. The summed E-state index contributed by atoms with van der Waals surface area (Å²) >= 11 is 0. The standard InChI is InChI=1S/C64H125NO5/c1-3-5-7-9-11-13-15-17-19-29-32-36-40-44-48-52-56-62(67)61(60-66)65-63(68)57-53-49-45-41-37-33-30-26-24-22-20-21-23-25-27-31-35-39-43-47-51-55-59-70-64(69)58-54-50-46-42-38-34-28-18-16-14-12-10-8-6-4-2/h52,56,61-62,66-67H,3-51,53-55,57-60H2,1-2H3,(H,65,68)/b56-52+. The van der Waals surface area contributed by atoms with E-state index in [1.54, 1.807) is 6.08 Å². The molecule has 0 aromatic heterocycles. The predicted octanol–water partition coefficient (Wildman–Crippen LogP) is 20.0. The van der Waals surface area contributed by atoms with Crippen molar-refractivity contribution in [1.82, 2.24) is 5.32 Å². The van der Waals surface area contributed by atoms with Crippen molar-refractivity contribution < 1.29 is 24.5 Å². The van der Waals surface area contributed by atoms with E-state index in [1.807, 2.05) is 6.08 Å². The van der Waals surface area contributed by atoms with Crippen LogP contribution < -0.4 is 5.32 Å². The van der Waals surface area contributed by atoms with Crippen LogP contribution in [0.1, 0.15) is 361 Å². The number of amides is 1. The van der Waals surface area contributed by atoms with Crippen LogP contribution in [0.25, 0.3) is 0 Å². The van der Waals surface area contributed by atoms with Crippen LogP contribution in [0.2, 0.25) is 0 Å². The fourth-order valence-electron chi connectivity index (χ4n) is 10.2. The topological polar surface area (TPSA) is 95.9 Å². The molecule has 0 fully saturated rings. The molecule has 0 aromatic rings. The van der Waals surface area contributed by atoms with Gasteiger partial charge in [-0.15, -0.1) is 0 Å². The first-order valence-corrected chi connectivity index (χ1v) is 32.0. The second kappa shape index (κ2) is 60.2. The lowest BCUT2D eigenvalue weighted by Crippen LogP contribution is -2.45. The summed E-state index contributed by atoms with van der Waals surface area (Å²) in [5.41, 5.74) is 0. The molecule has 2 unspecified atom stereocenters. The van der Waals surface area contributed by atoms with Gasteiger partial charge in [0.2, 0.25) is 5.91 Å². The fraction of sp³-hybridized carbons (Fsp3) is 0.938. The highest BCUT2D eigenvalue weighted by Gasteiger charge is 2.18. The first-order chi connectivity index (χ1) is 34.5. The maximum Gasteiger partial charge on any atom is 0.305 e. The predicted molar refractivity (Wildman–Crippen MR) is 306 cm³/mol. The largest absolute Gasteiger partial charge is 0.466 e. The van der Waals surface area contributed by atoms with Gasteiger partial charge in [-0.1, -0.05) is 328 Å². The molecule has 2 atom stereocenters. The lowest BCUT2D eigenvalue weighted by Gasteiger charge is -2.20. The number of esters is 1. The summed E-state index contributed by atoms with van der Waals surface area (Å²) < 4.78 is 5.49. The van der Waals surface area contributed by atoms with Crippen LogP contribution in [0.5, 0.6) is 0 Å². The molecule has 416 valence electrons. The average Bonchev–Trinajstić information content (AvgIpc) is 3.36. The summed E-state index contributed by atoms with van der Waals surface area (Å²) in [6.07, 6.45) is 72.6. The molecule has 0 aliphatic rings. The van der Waals surface area contributed by atoms with Crippen molar-refractivity contribution in [3.05, 3.63) is 12.2 Å². The minimum Gasteiger partial charge on any atom is -0.466 e. The molecule has 0 radical (unpaired) electrons.